The van der Waals surface area contributed by atoms with E-state index in [0.29, 0.717) is 24.7 Å². The van der Waals surface area contributed by atoms with Gasteiger partial charge in [-0.3, -0.25) is 0 Å². The van der Waals surface area contributed by atoms with Crippen molar-refractivity contribution < 1.29 is 17.9 Å². The van der Waals surface area contributed by atoms with Crippen molar-refractivity contribution in [3.05, 3.63) is 42.2 Å². The van der Waals surface area contributed by atoms with Crippen molar-refractivity contribution in [1.82, 2.24) is 9.71 Å². The molecule has 1 aliphatic heterocycles. The fourth-order valence-electron chi connectivity index (χ4n) is 1.92. The van der Waals surface area contributed by atoms with Crippen molar-refractivity contribution in [1.29, 1.82) is 0 Å². The number of rotatable bonds is 4. The van der Waals surface area contributed by atoms with E-state index in [-0.39, 0.29) is 11.4 Å². The molecule has 2 heterocycles. The largest absolute Gasteiger partial charge is 0.486 e. The van der Waals surface area contributed by atoms with Gasteiger partial charge in [-0.1, -0.05) is 0 Å². The van der Waals surface area contributed by atoms with Crippen LogP contribution in [-0.2, 0) is 16.6 Å². The third kappa shape index (κ3) is 2.63. The summed E-state index contributed by atoms with van der Waals surface area (Å²) in [6.07, 6.45) is 1.74. The van der Waals surface area contributed by atoms with Crippen molar-refractivity contribution in [3.63, 3.8) is 0 Å². The van der Waals surface area contributed by atoms with E-state index in [1.807, 2.05) is 12.1 Å². The van der Waals surface area contributed by atoms with Crippen LogP contribution in [0.3, 0.4) is 0 Å². The van der Waals surface area contributed by atoms with Crippen LogP contribution in [0.15, 0.2) is 41.4 Å². The van der Waals surface area contributed by atoms with E-state index in [0.717, 1.165) is 5.69 Å². The molecule has 0 bridgehead atoms. The maximum absolute atomic E-state index is 12.2. The molecule has 0 saturated carbocycles. The zero-order valence-corrected chi connectivity index (χ0v) is 11.4. The summed E-state index contributed by atoms with van der Waals surface area (Å²) < 4.78 is 37.7. The smallest absolute Gasteiger partial charge is 0.241 e. The van der Waals surface area contributed by atoms with Crippen molar-refractivity contribution in [2.75, 3.05) is 13.2 Å². The van der Waals surface area contributed by atoms with Gasteiger partial charge in [-0.05, 0) is 24.3 Å². The van der Waals surface area contributed by atoms with Gasteiger partial charge in [0.1, 0.15) is 13.2 Å². The summed E-state index contributed by atoms with van der Waals surface area (Å²) in [4.78, 5) is 3.10. The molecule has 0 fully saturated rings. The van der Waals surface area contributed by atoms with E-state index in [2.05, 4.69) is 9.71 Å². The fourth-order valence-corrected chi connectivity index (χ4v) is 2.95. The number of sulfonamides is 1. The first-order valence-electron chi connectivity index (χ1n) is 6.17. The molecule has 0 atom stereocenters. The molecule has 0 saturated heterocycles. The summed E-state index contributed by atoms with van der Waals surface area (Å²) in [5, 5.41) is 0. The van der Waals surface area contributed by atoms with Gasteiger partial charge in [-0.15, -0.1) is 0 Å². The Morgan fingerprint density at radius 2 is 1.95 bits per heavy atom. The third-order valence-electron chi connectivity index (χ3n) is 2.94. The first-order chi connectivity index (χ1) is 9.65. The Hall–Kier alpha value is -1.99. The highest BCUT2D eigenvalue weighted by Gasteiger charge is 2.19. The van der Waals surface area contributed by atoms with Crippen LogP contribution < -0.4 is 14.2 Å². The molecule has 0 unspecified atom stereocenters. The number of hydrogen-bond acceptors (Lipinski definition) is 4. The van der Waals surface area contributed by atoms with E-state index in [1.165, 1.54) is 12.1 Å². The lowest BCUT2D eigenvalue weighted by molar-refractivity contribution is 0.171. The molecule has 106 valence electrons. The molecular weight excluding hydrogens is 280 g/mol. The highest BCUT2D eigenvalue weighted by atomic mass is 32.2. The molecule has 2 N–H and O–H groups in total. The Morgan fingerprint density at radius 3 is 2.70 bits per heavy atom. The number of aromatic amines is 1. The van der Waals surface area contributed by atoms with Gasteiger partial charge in [0, 0.05) is 18.0 Å². The highest BCUT2D eigenvalue weighted by Crippen LogP contribution is 2.32. The second-order valence-corrected chi connectivity index (χ2v) is 6.09. The number of hydrogen-bond donors (Lipinski definition) is 2. The number of ether oxygens (including phenoxy) is 2. The molecule has 0 spiro atoms. The van der Waals surface area contributed by atoms with Gasteiger partial charge in [-0.2, -0.15) is 0 Å². The van der Waals surface area contributed by atoms with E-state index in [4.69, 9.17) is 9.47 Å². The summed E-state index contributed by atoms with van der Waals surface area (Å²) in [6, 6.07) is 8.22. The minimum absolute atomic E-state index is 0.160. The van der Waals surface area contributed by atoms with Crippen molar-refractivity contribution >= 4 is 10.0 Å². The predicted octanol–water partition coefficient (Wildman–Crippen LogP) is 1.26. The van der Waals surface area contributed by atoms with E-state index >= 15 is 0 Å². The summed E-state index contributed by atoms with van der Waals surface area (Å²) in [5.74, 6) is 1.03. The second-order valence-electron chi connectivity index (χ2n) is 4.33. The lowest BCUT2D eigenvalue weighted by Crippen LogP contribution is -2.24. The van der Waals surface area contributed by atoms with Gasteiger partial charge in [0.05, 0.1) is 11.4 Å². The fraction of sp³-hybridized carbons (Fsp3) is 0.231. The lowest BCUT2D eigenvalue weighted by atomic mass is 10.3. The second kappa shape index (κ2) is 5.18. The first kappa shape index (κ1) is 13.0. The average Bonchev–Trinajstić information content (AvgIpc) is 2.98. The molecule has 0 aliphatic carbocycles. The molecule has 3 rings (SSSR count). The van der Waals surface area contributed by atoms with Gasteiger partial charge >= 0.3 is 0 Å². The van der Waals surface area contributed by atoms with Crippen LogP contribution in [0.5, 0.6) is 11.5 Å². The van der Waals surface area contributed by atoms with Crippen LogP contribution in [0.1, 0.15) is 5.69 Å². The van der Waals surface area contributed by atoms with Crippen LogP contribution in [-0.4, -0.2) is 26.6 Å². The summed E-state index contributed by atoms with van der Waals surface area (Å²) >= 11 is 0. The predicted molar refractivity (Wildman–Crippen MR) is 72.3 cm³/mol. The molecule has 20 heavy (non-hydrogen) atoms. The van der Waals surface area contributed by atoms with E-state index in [1.54, 1.807) is 12.3 Å². The highest BCUT2D eigenvalue weighted by molar-refractivity contribution is 7.89. The number of fused-ring (bicyclic) bond motifs is 1. The minimum Gasteiger partial charge on any atom is -0.486 e. The molecule has 0 amide bonds. The Bertz CT molecular complexity index is 695. The molecular formula is C13H14N2O4S. The summed E-state index contributed by atoms with van der Waals surface area (Å²) in [5.41, 5.74) is 0.797. The van der Waals surface area contributed by atoms with Gasteiger partial charge in [0.2, 0.25) is 10.0 Å². The summed E-state index contributed by atoms with van der Waals surface area (Å²) in [6.45, 7) is 1.11. The van der Waals surface area contributed by atoms with Crippen LogP contribution in [0, 0.1) is 0 Å². The standard InChI is InChI=1S/C13H14N2O4S/c16-20(17,15-9-10-2-1-5-14-10)11-3-4-12-13(8-11)19-7-6-18-12/h1-5,8,14-15H,6-7,9H2. The van der Waals surface area contributed by atoms with E-state index < -0.39 is 10.0 Å². The molecule has 1 aliphatic rings. The Labute approximate surface area is 116 Å². The minimum atomic E-state index is -3.58. The molecule has 2 aromatic rings. The van der Waals surface area contributed by atoms with Gasteiger partial charge in [0.15, 0.2) is 11.5 Å². The zero-order valence-electron chi connectivity index (χ0n) is 10.6. The summed E-state index contributed by atoms with van der Waals surface area (Å²) in [7, 11) is -3.58. The normalized spacial score (nSPS) is 14.2. The number of benzene rings is 1. The Morgan fingerprint density at radius 1 is 1.15 bits per heavy atom. The monoisotopic (exact) mass is 294 g/mol. The molecule has 1 aromatic heterocycles. The number of nitrogens with one attached hydrogen (secondary N) is 2. The molecule has 0 radical (unpaired) electrons. The van der Waals surface area contributed by atoms with Crippen molar-refractivity contribution in [2.24, 2.45) is 0 Å². The van der Waals surface area contributed by atoms with Crippen LogP contribution in [0.2, 0.25) is 0 Å². The average molecular weight is 294 g/mol. The van der Waals surface area contributed by atoms with E-state index in [9.17, 15) is 8.42 Å². The topological polar surface area (TPSA) is 80.4 Å². The number of aromatic nitrogens is 1. The molecule has 7 heteroatoms. The van der Waals surface area contributed by atoms with Gasteiger partial charge < -0.3 is 14.5 Å². The first-order valence-corrected chi connectivity index (χ1v) is 7.65. The van der Waals surface area contributed by atoms with Crippen LogP contribution in [0.4, 0.5) is 0 Å². The molecule has 6 nitrogen and oxygen atoms in total. The SMILES string of the molecule is O=S(=O)(NCc1ccc[nH]1)c1ccc2c(c1)OCCO2. The third-order valence-corrected chi connectivity index (χ3v) is 4.34. The van der Waals surface area contributed by atoms with Gasteiger partial charge in [0.25, 0.3) is 0 Å². The zero-order chi connectivity index (χ0) is 14.0. The van der Waals surface area contributed by atoms with Crippen LogP contribution in [0.25, 0.3) is 0 Å². The van der Waals surface area contributed by atoms with Crippen molar-refractivity contribution in [3.8, 4) is 11.5 Å². The lowest BCUT2D eigenvalue weighted by Gasteiger charge is -2.18. The maximum Gasteiger partial charge on any atom is 0.241 e. The van der Waals surface area contributed by atoms with Crippen LogP contribution >= 0.6 is 0 Å². The van der Waals surface area contributed by atoms with Crippen molar-refractivity contribution in [2.45, 2.75) is 11.4 Å². The molecule has 1 aromatic carbocycles. The maximum atomic E-state index is 12.2. The number of H-pyrrole nitrogens is 1. The Balaban J connectivity index is 1.80. The van der Waals surface area contributed by atoms with Gasteiger partial charge in [-0.25, -0.2) is 13.1 Å². The quantitative estimate of drug-likeness (QED) is 0.889. The Kier molecular flexibility index (Phi) is 3.37.